The van der Waals surface area contributed by atoms with Crippen LogP contribution in [-0.4, -0.2) is 49.9 Å². The minimum Gasteiger partial charge on any atom is -0.365 e. The molecule has 4 rings (SSSR count). The first-order valence-corrected chi connectivity index (χ1v) is 18.0. The Balaban J connectivity index is 1.69. The lowest BCUT2D eigenvalue weighted by Crippen LogP contribution is -2.42. The number of benzene rings is 1. The molecule has 186 valence electrons. The standard InChI is InChI=1S/C21H26ClF2N3O3S3Si/c1-21(5-6-21)27(12-30-7-8-34(2,3)4)33(28,29)13-9-14-15(11-31-17(14)16(22)10-13)19-25-26-20(32-19)18(23)24/h9-11,18H,5-8,12H2,1-4H3. The molecule has 1 saturated carbocycles. The molecule has 0 unspecified atom stereocenters. The largest absolute Gasteiger partial charge is 0.365 e. The molecule has 1 aliphatic rings. The van der Waals surface area contributed by atoms with Crippen molar-refractivity contribution in [1.29, 1.82) is 0 Å². The van der Waals surface area contributed by atoms with E-state index in [4.69, 9.17) is 16.3 Å². The molecule has 2 heterocycles. The van der Waals surface area contributed by atoms with E-state index in [-0.39, 0.29) is 21.7 Å². The minimum absolute atomic E-state index is 0.0242. The number of thiophene rings is 1. The van der Waals surface area contributed by atoms with Crippen LogP contribution in [0.5, 0.6) is 0 Å². The molecule has 13 heteroatoms. The first-order chi connectivity index (χ1) is 15.8. The number of nitrogens with zero attached hydrogens (tertiary/aromatic N) is 3. The summed E-state index contributed by atoms with van der Waals surface area (Å²) >= 11 is 8.58. The third-order valence-corrected chi connectivity index (χ3v) is 11.9. The number of alkyl halides is 2. The van der Waals surface area contributed by atoms with Crippen molar-refractivity contribution in [2.75, 3.05) is 13.3 Å². The number of sulfonamides is 1. The van der Waals surface area contributed by atoms with Gasteiger partial charge in [0.2, 0.25) is 10.0 Å². The van der Waals surface area contributed by atoms with Crippen molar-refractivity contribution in [2.24, 2.45) is 0 Å². The van der Waals surface area contributed by atoms with Crippen LogP contribution in [0.15, 0.2) is 22.4 Å². The van der Waals surface area contributed by atoms with Crippen LogP contribution in [0.4, 0.5) is 8.78 Å². The lowest BCUT2D eigenvalue weighted by molar-refractivity contribution is 0.0591. The van der Waals surface area contributed by atoms with Gasteiger partial charge in [0.05, 0.1) is 14.6 Å². The summed E-state index contributed by atoms with van der Waals surface area (Å²) < 4.78 is 61.4. The second-order valence-electron chi connectivity index (χ2n) is 9.88. The number of ether oxygens (including phenoxy) is 1. The van der Waals surface area contributed by atoms with Gasteiger partial charge in [0.25, 0.3) is 6.43 Å². The van der Waals surface area contributed by atoms with Crippen LogP contribution in [-0.2, 0) is 14.8 Å². The number of hydrogen-bond donors (Lipinski definition) is 0. The number of aromatic nitrogens is 2. The zero-order valence-electron chi connectivity index (χ0n) is 19.3. The Kier molecular flexibility index (Phi) is 7.24. The fourth-order valence-electron chi connectivity index (χ4n) is 3.41. The summed E-state index contributed by atoms with van der Waals surface area (Å²) in [5, 5.41) is 9.92. The van der Waals surface area contributed by atoms with Crippen molar-refractivity contribution in [2.45, 2.75) is 62.3 Å². The summed E-state index contributed by atoms with van der Waals surface area (Å²) in [6.07, 6.45) is -1.21. The van der Waals surface area contributed by atoms with Crippen molar-refractivity contribution < 1.29 is 21.9 Å². The van der Waals surface area contributed by atoms with Crippen LogP contribution < -0.4 is 0 Å². The quantitative estimate of drug-likeness (QED) is 0.152. The molecule has 3 aromatic rings. The van der Waals surface area contributed by atoms with Gasteiger partial charge in [-0.25, -0.2) is 17.2 Å². The smallest absolute Gasteiger partial charge is 0.291 e. The van der Waals surface area contributed by atoms with E-state index < -0.39 is 30.1 Å². The van der Waals surface area contributed by atoms with Crippen molar-refractivity contribution in [3.8, 4) is 10.6 Å². The molecule has 0 saturated heterocycles. The van der Waals surface area contributed by atoms with Gasteiger partial charge in [0.15, 0.2) is 5.01 Å². The van der Waals surface area contributed by atoms with E-state index in [0.717, 1.165) is 30.2 Å². The second-order valence-corrected chi connectivity index (χ2v) is 19.7. The fraction of sp³-hybridized carbons (Fsp3) is 0.524. The van der Waals surface area contributed by atoms with Gasteiger partial charge < -0.3 is 4.74 Å². The molecular formula is C21H26ClF2N3O3S3Si. The Morgan fingerprint density at radius 1 is 1.26 bits per heavy atom. The van der Waals surface area contributed by atoms with Crippen LogP contribution in [0.25, 0.3) is 20.7 Å². The van der Waals surface area contributed by atoms with E-state index >= 15 is 0 Å². The Bertz CT molecular complexity index is 1300. The lowest BCUT2D eigenvalue weighted by Gasteiger charge is -2.28. The molecule has 0 amide bonds. The summed E-state index contributed by atoms with van der Waals surface area (Å²) in [5.74, 6) is 0. The van der Waals surface area contributed by atoms with Crippen LogP contribution in [0.1, 0.15) is 31.2 Å². The summed E-state index contributed by atoms with van der Waals surface area (Å²) in [5.41, 5.74) is 0.0429. The predicted octanol–water partition coefficient (Wildman–Crippen LogP) is 6.87. The third kappa shape index (κ3) is 5.37. The Hall–Kier alpha value is -1.02. The molecule has 0 atom stereocenters. The summed E-state index contributed by atoms with van der Waals surface area (Å²) in [6.45, 7) is 9.12. The Morgan fingerprint density at radius 2 is 1.97 bits per heavy atom. The van der Waals surface area contributed by atoms with Gasteiger partial charge in [-0.3, -0.25) is 0 Å². The molecule has 6 nitrogen and oxygen atoms in total. The predicted molar refractivity (Wildman–Crippen MR) is 136 cm³/mol. The van der Waals surface area contributed by atoms with E-state index in [9.17, 15) is 17.2 Å². The molecule has 1 aliphatic carbocycles. The van der Waals surface area contributed by atoms with Crippen LogP contribution in [0, 0.1) is 0 Å². The SMILES string of the molecule is CC1(N(COCC[Si](C)(C)C)S(=O)(=O)c2cc(Cl)c3scc(-c4nnc(C(F)F)s4)c3c2)CC1. The van der Waals surface area contributed by atoms with Crippen molar-refractivity contribution >= 4 is 62.5 Å². The number of fused-ring (bicyclic) bond motifs is 1. The van der Waals surface area contributed by atoms with Gasteiger partial charge in [-0.1, -0.05) is 42.6 Å². The minimum atomic E-state index is -3.92. The highest BCUT2D eigenvalue weighted by Gasteiger charge is 2.49. The molecular weight excluding hydrogens is 540 g/mol. The van der Waals surface area contributed by atoms with Crippen molar-refractivity contribution in [3.05, 3.63) is 27.5 Å². The van der Waals surface area contributed by atoms with Gasteiger partial charge >= 0.3 is 0 Å². The van der Waals surface area contributed by atoms with Gasteiger partial charge in [-0.05, 0) is 37.9 Å². The molecule has 2 aromatic heterocycles. The topological polar surface area (TPSA) is 72.4 Å². The zero-order chi connectivity index (χ0) is 24.9. The van der Waals surface area contributed by atoms with E-state index in [1.54, 1.807) is 11.4 Å². The molecule has 0 bridgehead atoms. The van der Waals surface area contributed by atoms with Crippen LogP contribution in [0.2, 0.25) is 30.7 Å². The van der Waals surface area contributed by atoms with Gasteiger partial charge in [0, 0.05) is 36.5 Å². The summed E-state index contributed by atoms with van der Waals surface area (Å²) in [4.78, 5) is 0.0465. The highest BCUT2D eigenvalue weighted by atomic mass is 35.5. The monoisotopic (exact) mass is 565 g/mol. The van der Waals surface area contributed by atoms with Crippen molar-refractivity contribution in [1.82, 2.24) is 14.5 Å². The van der Waals surface area contributed by atoms with E-state index in [2.05, 4.69) is 29.8 Å². The Morgan fingerprint density at radius 3 is 2.56 bits per heavy atom. The number of halogens is 3. The summed E-state index contributed by atoms with van der Waals surface area (Å²) in [7, 11) is -5.23. The number of hydrogen-bond acceptors (Lipinski definition) is 7. The van der Waals surface area contributed by atoms with E-state index in [1.807, 2.05) is 6.92 Å². The lowest BCUT2D eigenvalue weighted by atomic mass is 10.2. The van der Waals surface area contributed by atoms with Crippen LogP contribution in [0.3, 0.4) is 0 Å². The average molecular weight is 566 g/mol. The van der Waals surface area contributed by atoms with Crippen molar-refractivity contribution in [3.63, 3.8) is 0 Å². The second kappa shape index (κ2) is 9.45. The first-order valence-electron chi connectivity index (χ1n) is 10.8. The molecule has 0 aliphatic heterocycles. The molecule has 1 aromatic carbocycles. The Labute approximate surface area is 212 Å². The molecule has 1 fully saturated rings. The van der Waals surface area contributed by atoms with E-state index in [1.165, 1.54) is 21.7 Å². The maximum absolute atomic E-state index is 13.7. The maximum atomic E-state index is 13.7. The van der Waals surface area contributed by atoms with Crippen LogP contribution >= 0.6 is 34.3 Å². The fourth-order valence-corrected chi connectivity index (χ4v) is 8.10. The summed E-state index contributed by atoms with van der Waals surface area (Å²) in [6, 6.07) is 3.94. The number of rotatable bonds is 10. The normalized spacial score (nSPS) is 16.1. The highest BCUT2D eigenvalue weighted by Crippen LogP contribution is 2.46. The molecule has 0 N–H and O–H groups in total. The maximum Gasteiger partial charge on any atom is 0.291 e. The van der Waals surface area contributed by atoms with E-state index in [0.29, 0.717) is 27.3 Å². The average Bonchev–Trinajstić information content (AvgIpc) is 3.15. The van der Waals surface area contributed by atoms with Gasteiger partial charge in [-0.15, -0.1) is 21.5 Å². The first kappa shape index (κ1) is 26.1. The third-order valence-electron chi connectivity index (χ3n) is 5.83. The molecule has 0 radical (unpaired) electrons. The molecule has 34 heavy (non-hydrogen) atoms. The van der Waals surface area contributed by atoms with Gasteiger partial charge in [-0.2, -0.15) is 4.31 Å². The van der Waals surface area contributed by atoms with Gasteiger partial charge in [0.1, 0.15) is 11.7 Å². The highest BCUT2D eigenvalue weighted by molar-refractivity contribution is 7.89. The molecule has 0 spiro atoms. The zero-order valence-corrected chi connectivity index (χ0v) is 23.5.